The lowest BCUT2D eigenvalue weighted by Gasteiger charge is -2.23. The van der Waals surface area contributed by atoms with Crippen LogP contribution in [-0.2, 0) is 12.1 Å². The summed E-state index contributed by atoms with van der Waals surface area (Å²) >= 11 is 0. The van der Waals surface area contributed by atoms with Crippen LogP contribution in [0.2, 0.25) is 0 Å². The van der Waals surface area contributed by atoms with E-state index in [2.05, 4.69) is 44.3 Å². The molecular formula is C15H27N3. The van der Waals surface area contributed by atoms with Crippen LogP contribution >= 0.6 is 0 Å². The zero-order chi connectivity index (χ0) is 13.2. The fourth-order valence-corrected chi connectivity index (χ4v) is 2.73. The molecule has 0 aromatic carbocycles. The Bertz CT molecular complexity index is 381. The van der Waals surface area contributed by atoms with Gasteiger partial charge in [-0.1, -0.05) is 19.8 Å². The van der Waals surface area contributed by atoms with E-state index in [1.807, 2.05) is 10.9 Å². The molecule has 0 radical (unpaired) electrons. The van der Waals surface area contributed by atoms with Crippen molar-refractivity contribution < 1.29 is 0 Å². The highest BCUT2D eigenvalue weighted by Crippen LogP contribution is 2.36. The summed E-state index contributed by atoms with van der Waals surface area (Å²) < 4.78 is 2.04. The summed E-state index contributed by atoms with van der Waals surface area (Å²) in [5.41, 5.74) is 1.89. The molecule has 1 aliphatic carbocycles. The van der Waals surface area contributed by atoms with Gasteiger partial charge in [0.25, 0.3) is 0 Å². The zero-order valence-electron chi connectivity index (χ0n) is 12.3. The summed E-state index contributed by atoms with van der Waals surface area (Å²) in [5.74, 6) is 0. The molecule has 1 fully saturated rings. The van der Waals surface area contributed by atoms with Crippen molar-refractivity contribution in [2.24, 2.45) is 5.41 Å². The molecule has 3 nitrogen and oxygen atoms in total. The average Bonchev–Trinajstić information content (AvgIpc) is 2.87. The quantitative estimate of drug-likeness (QED) is 0.887. The molecular weight excluding hydrogens is 222 g/mol. The molecule has 1 saturated carbocycles. The summed E-state index contributed by atoms with van der Waals surface area (Å²) in [5, 5.41) is 8.03. The number of nitrogens with zero attached hydrogens (tertiary/aromatic N) is 2. The van der Waals surface area contributed by atoms with Gasteiger partial charge in [-0.3, -0.25) is 4.68 Å². The number of nitrogens with one attached hydrogen (secondary N) is 1. The minimum atomic E-state index is 0.0790. The highest BCUT2D eigenvalue weighted by atomic mass is 15.3. The van der Waals surface area contributed by atoms with Gasteiger partial charge >= 0.3 is 0 Å². The Hall–Kier alpha value is -0.830. The Morgan fingerprint density at radius 3 is 2.56 bits per heavy atom. The number of aromatic nitrogens is 2. The zero-order valence-corrected chi connectivity index (χ0v) is 12.3. The molecule has 3 heteroatoms. The van der Waals surface area contributed by atoms with Crippen molar-refractivity contribution >= 4 is 0 Å². The van der Waals surface area contributed by atoms with E-state index in [0.29, 0.717) is 5.41 Å². The molecule has 0 spiro atoms. The first kappa shape index (κ1) is 13.6. The molecule has 18 heavy (non-hydrogen) atoms. The maximum absolute atomic E-state index is 4.43. The van der Waals surface area contributed by atoms with Crippen molar-refractivity contribution in [2.75, 3.05) is 6.54 Å². The monoisotopic (exact) mass is 249 g/mol. The van der Waals surface area contributed by atoms with Crippen LogP contribution in [0.5, 0.6) is 0 Å². The topological polar surface area (TPSA) is 29.9 Å². The number of rotatable bonds is 4. The minimum absolute atomic E-state index is 0.0790. The smallest absolute Gasteiger partial charge is 0.0543 e. The predicted octanol–water partition coefficient (Wildman–Crippen LogP) is 3.31. The normalized spacial score (nSPS) is 19.3. The number of hydrogen-bond donors (Lipinski definition) is 1. The second kappa shape index (κ2) is 5.04. The van der Waals surface area contributed by atoms with Crippen molar-refractivity contribution in [3.05, 3.63) is 18.0 Å². The average molecular weight is 249 g/mol. The standard InChI is InChI=1S/C15H27N3/c1-14(2,3)18-11-13(10-17-18)9-16-12-15(4)7-5-6-8-15/h10-11,16H,5-9,12H2,1-4H3. The van der Waals surface area contributed by atoms with Gasteiger partial charge in [-0.2, -0.15) is 5.10 Å². The van der Waals surface area contributed by atoms with Gasteiger partial charge < -0.3 is 5.32 Å². The van der Waals surface area contributed by atoms with Gasteiger partial charge in [0.15, 0.2) is 0 Å². The summed E-state index contributed by atoms with van der Waals surface area (Å²) in [6, 6.07) is 0. The Kier molecular flexibility index (Phi) is 3.81. The summed E-state index contributed by atoms with van der Waals surface area (Å²) in [6.07, 6.45) is 9.70. The Morgan fingerprint density at radius 1 is 1.33 bits per heavy atom. The van der Waals surface area contributed by atoms with Crippen LogP contribution in [0.25, 0.3) is 0 Å². The third-order valence-corrected chi connectivity index (χ3v) is 4.01. The predicted molar refractivity (Wildman–Crippen MR) is 75.5 cm³/mol. The molecule has 102 valence electrons. The van der Waals surface area contributed by atoms with Gasteiger partial charge in [0.05, 0.1) is 11.7 Å². The van der Waals surface area contributed by atoms with Crippen LogP contribution in [0.15, 0.2) is 12.4 Å². The van der Waals surface area contributed by atoms with E-state index >= 15 is 0 Å². The van der Waals surface area contributed by atoms with Crippen LogP contribution in [-0.4, -0.2) is 16.3 Å². The van der Waals surface area contributed by atoms with Crippen molar-refractivity contribution in [1.29, 1.82) is 0 Å². The van der Waals surface area contributed by atoms with E-state index < -0.39 is 0 Å². The first-order valence-electron chi connectivity index (χ1n) is 7.14. The molecule has 1 N–H and O–H groups in total. The fraction of sp³-hybridized carbons (Fsp3) is 0.800. The molecule has 1 heterocycles. The molecule has 0 bridgehead atoms. The van der Waals surface area contributed by atoms with Crippen LogP contribution in [0.3, 0.4) is 0 Å². The first-order chi connectivity index (χ1) is 8.39. The SMILES string of the molecule is CC1(CNCc2cnn(C(C)(C)C)c2)CCCC1. The van der Waals surface area contributed by atoms with Gasteiger partial charge in [0.1, 0.15) is 0 Å². The largest absolute Gasteiger partial charge is 0.312 e. The van der Waals surface area contributed by atoms with Crippen molar-refractivity contribution in [1.82, 2.24) is 15.1 Å². The fourth-order valence-electron chi connectivity index (χ4n) is 2.73. The Labute approximate surface area is 111 Å². The second-order valence-corrected chi connectivity index (χ2v) is 7.09. The third kappa shape index (κ3) is 3.35. The van der Waals surface area contributed by atoms with Crippen LogP contribution in [0.1, 0.15) is 58.9 Å². The molecule has 0 unspecified atom stereocenters. The molecule has 1 aromatic heterocycles. The van der Waals surface area contributed by atoms with Gasteiger partial charge in [-0.25, -0.2) is 0 Å². The Balaban J connectivity index is 1.82. The van der Waals surface area contributed by atoms with Gasteiger partial charge in [-0.15, -0.1) is 0 Å². The lowest BCUT2D eigenvalue weighted by molar-refractivity contribution is 0.314. The minimum Gasteiger partial charge on any atom is -0.312 e. The van der Waals surface area contributed by atoms with E-state index in [9.17, 15) is 0 Å². The first-order valence-corrected chi connectivity index (χ1v) is 7.14. The Morgan fingerprint density at radius 2 is 2.00 bits per heavy atom. The van der Waals surface area contributed by atoms with E-state index in [1.54, 1.807) is 0 Å². The van der Waals surface area contributed by atoms with Crippen LogP contribution < -0.4 is 5.32 Å². The summed E-state index contributed by atoms with van der Waals surface area (Å²) in [4.78, 5) is 0. The summed E-state index contributed by atoms with van der Waals surface area (Å²) in [7, 11) is 0. The van der Waals surface area contributed by atoms with Gasteiger partial charge in [0.2, 0.25) is 0 Å². The molecule has 1 aliphatic rings. The van der Waals surface area contributed by atoms with Crippen molar-refractivity contribution in [3.8, 4) is 0 Å². The maximum Gasteiger partial charge on any atom is 0.0543 e. The molecule has 2 rings (SSSR count). The molecule has 1 aromatic rings. The van der Waals surface area contributed by atoms with Crippen molar-refractivity contribution in [3.63, 3.8) is 0 Å². The molecule has 0 saturated heterocycles. The molecule has 0 atom stereocenters. The molecule has 0 aliphatic heterocycles. The highest BCUT2D eigenvalue weighted by Gasteiger charge is 2.27. The molecule has 0 amide bonds. The maximum atomic E-state index is 4.43. The van der Waals surface area contributed by atoms with Gasteiger partial charge in [0, 0.05) is 24.8 Å². The summed E-state index contributed by atoms with van der Waals surface area (Å²) in [6.45, 7) is 11.0. The van der Waals surface area contributed by atoms with Crippen LogP contribution in [0.4, 0.5) is 0 Å². The van der Waals surface area contributed by atoms with E-state index in [-0.39, 0.29) is 5.54 Å². The number of hydrogen-bond acceptors (Lipinski definition) is 2. The van der Waals surface area contributed by atoms with Gasteiger partial charge in [-0.05, 0) is 39.0 Å². The highest BCUT2D eigenvalue weighted by molar-refractivity contribution is 5.05. The van der Waals surface area contributed by atoms with E-state index in [1.165, 1.54) is 31.2 Å². The lowest BCUT2D eigenvalue weighted by Crippen LogP contribution is -2.29. The van der Waals surface area contributed by atoms with E-state index in [0.717, 1.165) is 13.1 Å². The second-order valence-electron chi connectivity index (χ2n) is 7.09. The lowest BCUT2D eigenvalue weighted by atomic mass is 9.89. The van der Waals surface area contributed by atoms with Crippen molar-refractivity contribution in [2.45, 2.75) is 65.5 Å². The third-order valence-electron chi connectivity index (χ3n) is 4.01. The van der Waals surface area contributed by atoms with Crippen LogP contribution in [0, 0.1) is 5.41 Å². The van der Waals surface area contributed by atoms with E-state index in [4.69, 9.17) is 0 Å².